The van der Waals surface area contributed by atoms with E-state index in [4.69, 9.17) is 0 Å². The average Bonchev–Trinajstić information content (AvgIpc) is 2.95. The lowest BCUT2D eigenvalue weighted by molar-refractivity contribution is 0.935. The predicted octanol–water partition coefficient (Wildman–Crippen LogP) is 3.14. The summed E-state index contributed by atoms with van der Waals surface area (Å²) in [6, 6.07) is 6.29. The monoisotopic (exact) mass is 238 g/mol. The second kappa shape index (κ2) is 3.45. The molecule has 1 aliphatic rings. The summed E-state index contributed by atoms with van der Waals surface area (Å²) in [5.74, 6) is 2.44. The first-order chi connectivity index (χ1) is 8.83. The summed E-state index contributed by atoms with van der Waals surface area (Å²) in [5.41, 5.74) is 3.50. The third-order valence-corrected chi connectivity index (χ3v) is 3.63. The fourth-order valence-electron chi connectivity index (χ4n) is 2.43. The van der Waals surface area contributed by atoms with E-state index in [0.29, 0.717) is 5.92 Å². The van der Waals surface area contributed by atoms with Gasteiger partial charge in [-0.15, -0.1) is 0 Å². The van der Waals surface area contributed by atoms with Crippen LogP contribution in [0.3, 0.4) is 0 Å². The quantitative estimate of drug-likeness (QED) is 0.720. The van der Waals surface area contributed by atoms with Crippen molar-refractivity contribution in [1.82, 2.24) is 20.2 Å². The molecular formula is C14H14N4. The third kappa shape index (κ3) is 1.38. The van der Waals surface area contributed by atoms with Crippen LogP contribution in [-0.2, 0) is 0 Å². The van der Waals surface area contributed by atoms with E-state index in [1.54, 1.807) is 0 Å². The molecule has 18 heavy (non-hydrogen) atoms. The fourth-order valence-corrected chi connectivity index (χ4v) is 2.43. The maximum Gasteiger partial charge on any atom is 0.183 e. The lowest BCUT2D eigenvalue weighted by atomic mass is 10.1. The van der Waals surface area contributed by atoms with Gasteiger partial charge in [-0.05, 0) is 25.3 Å². The zero-order valence-electron chi connectivity index (χ0n) is 10.2. The number of hydrogen-bond donors (Lipinski definition) is 2. The van der Waals surface area contributed by atoms with E-state index in [9.17, 15) is 0 Å². The van der Waals surface area contributed by atoms with Gasteiger partial charge in [-0.1, -0.05) is 18.2 Å². The van der Waals surface area contributed by atoms with Crippen molar-refractivity contribution in [2.75, 3.05) is 0 Å². The van der Waals surface area contributed by atoms with Gasteiger partial charge in [0, 0.05) is 28.6 Å². The minimum atomic E-state index is 0.609. The van der Waals surface area contributed by atoms with E-state index < -0.39 is 0 Å². The first kappa shape index (κ1) is 9.88. The van der Waals surface area contributed by atoms with Crippen molar-refractivity contribution in [2.24, 2.45) is 0 Å². The summed E-state index contributed by atoms with van der Waals surface area (Å²) in [6.07, 6.45) is 4.47. The van der Waals surface area contributed by atoms with E-state index in [0.717, 1.165) is 17.2 Å². The highest BCUT2D eigenvalue weighted by molar-refractivity contribution is 5.95. The van der Waals surface area contributed by atoms with Crippen molar-refractivity contribution in [1.29, 1.82) is 0 Å². The van der Waals surface area contributed by atoms with Gasteiger partial charge in [-0.25, -0.2) is 4.98 Å². The van der Waals surface area contributed by atoms with Gasteiger partial charge in [0.2, 0.25) is 0 Å². The summed E-state index contributed by atoms with van der Waals surface area (Å²) in [4.78, 5) is 7.92. The Bertz CT molecular complexity index is 718. The predicted molar refractivity (Wildman–Crippen MR) is 70.4 cm³/mol. The third-order valence-electron chi connectivity index (χ3n) is 3.63. The molecule has 2 N–H and O–H groups in total. The highest BCUT2D eigenvalue weighted by Crippen LogP contribution is 2.38. The number of nitrogens with zero attached hydrogens (tertiary/aromatic N) is 2. The first-order valence-electron chi connectivity index (χ1n) is 6.32. The maximum atomic E-state index is 4.61. The van der Waals surface area contributed by atoms with Crippen LogP contribution in [0.25, 0.3) is 22.3 Å². The average molecular weight is 238 g/mol. The van der Waals surface area contributed by atoms with Crippen molar-refractivity contribution < 1.29 is 0 Å². The van der Waals surface area contributed by atoms with Gasteiger partial charge >= 0.3 is 0 Å². The molecule has 1 aromatic carbocycles. The van der Waals surface area contributed by atoms with E-state index in [1.807, 2.05) is 6.20 Å². The standard InChI is InChI=1S/C14H14N4/c1-8-3-2-4-10-11(7-15-12(8)10)14-16-13(17-18-14)9-5-6-9/h2-4,7,9,15H,5-6H2,1H3,(H,16,17,18). The van der Waals surface area contributed by atoms with E-state index in [1.165, 1.54) is 29.3 Å². The van der Waals surface area contributed by atoms with Gasteiger partial charge in [-0.3, -0.25) is 5.10 Å². The highest BCUT2D eigenvalue weighted by atomic mass is 15.2. The molecule has 0 radical (unpaired) electrons. The molecular weight excluding hydrogens is 224 g/mol. The number of benzene rings is 1. The lowest BCUT2D eigenvalue weighted by Gasteiger charge is -1.96. The van der Waals surface area contributed by atoms with Crippen LogP contribution < -0.4 is 0 Å². The highest BCUT2D eigenvalue weighted by Gasteiger charge is 2.27. The number of aromatic amines is 2. The van der Waals surface area contributed by atoms with Crippen molar-refractivity contribution in [3.8, 4) is 11.4 Å². The number of nitrogens with one attached hydrogen (secondary N) is 2. The molecule has 0 spiro atoms. The molecule has 0 amide bonds. The van der Waals surface area contributed by atoms with Crippen molar-refractivity contribution in [2.45, 2.75) is 25.7 Å². The van der Waals surface area contributed by atoms with Gasteiger partial charge in [-0.2, -0.15) is 5.10 Å². The molecule has 4 rings (SSSR count). The zero-order valence-corrected chi connectivity index (χ0v) is 10.2. The SMILES string of the molecule is Cc1cccc2c(-c3n[nH]c(C4CC4)n3)c[nH]c12. The van der Waals surface area contributed by atoms with Gasteiger partial charge in [0.05, 0.1) is 0 Å². The molecule has 0 atom stereocenters. The zero-order chi connectivity index (χ0) is 12.1. The normalized spacial score (nSPS) is 15.4. The molecule has 1 saturated carbocycles. The Balaban J connectivity index is 1.87. The van der Waals surface area contributed by atoms with Gasteiger partial charge in [0.15, 0.2) is 5.82 Å². The summed E-state index contributed by atoms with van der Waals surface area (Å²) < 4.78 is 0. The van der Waals surface area contributed by atoms with Gasteiger partial charge < -0.3 is 4.98 Å². The number of aryl methyl sites for hydroxylation is 1. The first-order valence-corrected chi connectivity index (χ1v) is 6.32. The van der Waals surface area contributed by atoms with Crippen LogP contribution in [0.1, 0.15) is 30.1 Å². The molecule has 4 heteroatoms. The fraction of sp³-hybridized carbons (Fsp3) is 0.286. The molecule has 0 unspecified atom stereocenters. The molecule has 2 heterocycles. The minimum absolute atomic E-state index is 0.609. The van der Waals surface area contributed by atoms with Crippen LogP contribution in [0.2, 0.25) is 0 Å². The summed E-state index contributed by atoms with van der Waals surface area (Å²) in [7, 11) is 0. The van der Waals surface area contributed by atoms with Gasteiger partial charge in [0.1, 0.15) is 5.82 Å². The van der Waals surface area contributed by atoms with Crippen molar-refractivity contribution >= 4 is 10.9 Å². The van der Waals surface area contributed by atoms with Crippen LogP contribution in [-0.4, -0.2) is 20.2 Å². The molecule has 2 aromatic heterocycles. The Labute approximate surface area is 104 Å². The number of rotatable bonds is 2. The topological polar surface area (TPSA) is 57.4 Å². The Hall–Kier alpha value is -2.10. The second-order valence-corrected chi connectivity index (χ2v) is 5.02. The Morgan fingerprint density at radius 3 is 3.00 bits per heavy atom. The van der Waals surface area contributed by atoms with Gasteiger partial charge in [0.25, 0.3) is 0 Å². The van der Waals surface area contributed by atoms with Crippen LogP contribution in [0.15, 0.2) is 24.4 Å². The maximum absolute atomic E-state index is 4.61. The smallest absolute Gasteiger partial charge is 0.183 e. The van der Waals surface area contributed by atoms with Crippen molar-refractivity contribution in [3.63, 3.8) is 0 Å². The minimum Gasteiger partial charge on any atom is -0.360 e. The molecule has 90 valence electrons. The van der Waals surface area contributed by atoms with Crippen LogP contribution in [0.4, 0.5) is 0 Å². The molecule has 1 aliphatic carbocycles. The largest absolute Gasteiger partial charge is 0.360 e. The van der Waals surface area contributed by atoms with E-state index >= 15 is 0 Å². The molecule has 0 bridgehead atoms. The number of aromatic nitrogens is 4. The van der Waals surface area contributed by atoms with Crippen LogP contribution >= 0.6 is 0 Å². The molecule has 0 saturated heterocycles. The Morgan fingerprint density at radius 2 is 2.17 bits per heavy atom. The Kier molecular flexibility index (Phi) is 1.89. The second-order valence-electron chi connectivity index (χ2n) is 5.02. The number of hydrogen-bond acceptors (Lipinski definition) is 2. The van der Waals surface area contributed by atoms with E-state index in [-0.39, 0.29) is 0 Å². The van der Waals surface area contributed by atoms with Crippen LogP contribution in [0, 0.1) is 6.92 Å². The lowest BCUT2D eigenvalue weighted by Crippen LogP contribution is -1.81. The molecule has 1 fully saturated rings. The summed E-state index contributed by atoms with van der Waals surface area (Å²) in [6.45, 7) is 2.11. The van der Waals surface area contributed by atoms with Crippen LogP contribution in [0.5, 0.6) is 0 Å². The molecule has 4 nitrogen and oxygen atoms in total. The Morgan fingerprint density at radius 1 is 1.28 bits per heavy atom. The van der Waals surface area contributed by atoms with E-state index in [2.05, 4.69) is 45.3 Å². The summed E-state index contributed by atoms with van der Waals surface area (Å²) >= 11 is 0. The number of fused-ring (bicyclic) bond motifs is 1. The molecule has 0 aliphatic heterocycles. The molecule has 3 aromatic rings. The van der Waals surface area contributed by atoms with Crippen molar-refractivity contribution in [3.05, 3.63) is 35.8 Å². The number of H-pyrrole nitrogens is 2. The number of para-hydroxylation sites is 1. The summed E-state index contributed by atoms with van der Waals surface area (Å²) in [5, 5.41) is 8.59.